The molecule has 0 spiro atoms. The molecule has 2 fully saturated rings. The van der Waals surface area contributed by atoms with Crippen molar-refractivity contribution < 1.29 is 28.7 Å². The molecule has 8 heteroatoms. The third kappa shape index (κ3) is 2.58. The minimum atomic E-state index is -1.48. The highest BCUT2D eigenvalue weighted by Crippen LogP contribution is 2.32. The van der Waals surface area contributed by atoms with Crippen molar-refractivity contribution in [2.45, 2.75) is 44.6 Å². The summed E-state index contributed by atoms with van der Waals surface area (Å²) in [4.78, 5) is 28.9. The first-order valence-electron chi connectivity index (χ1n) is 5.99. The van der Waals surface area contributed by atoms with Gasteiger partial charge in [-0.2, -0.15) is 5.06 Å². The number of carboxylic acid groups (broad SMARTS) is 1. The van der Waals surface area contributed by atoms with Gasteiger partial charge in [0.25, 0.3) is 0 Å². The number of carbonyl (C=O) groups excluding carboxylic acids is 1. The second-order valence-electron chi connectivity index (χ2n) is 5.61. The van der Waals surface area contributed by atoms with Gasteiger partial charge in [-0.3, -0.25) is 9.74 Å². The van der Waals surface area contributed by atoms with E-state index in [9.17, 15) is 14.0 Å². The third-order valence-corrected chi connectivity index (χ3v) is 3.01. The van der Waals surface area contributed by atoms with Crippen molar-refractivity contribution in [1.29, 1.82) is 0 Å². The maximum atomic E-state index is 13.9. The SMILES string of the molecule is CC(C)(C)OC(=O)N1CC(F)C2C1CON2C(=O)O. The molecule has 0 saturated carbocycles. The summed E-state index contributed by atoms with van der Waals surface area (Å²) in [7, 11) is 0. The summed E-state index contributed by atoms with van der Waals surface area (Å²) in [6.45, 7) is 4.90. The van der Waals surface area contributed by atoms with Crippen LogP contribution in [0.1, 0.15) is 20.8 Å². The number of carbonyl (C=O) groups is 2. The summed E-state index contributed by atoms with van der Waals surface area (Å²) in [5.74, 6) is 0. The van der Waals surface area contributed by atoms with E-state index in [1.165, 1.54) is 4.90 Å². The standard InChI is InChI=1S/C11H17FN2O5/c1-11(2,3)19-10(17)13-4-6(12)8-7(13)5-18-14(8)9(15)16/h6-8H,4-5H2,1-3H3,(H,15,16). The number of ether oxygens (including phenoxy) is 1. The minimum Gasteiger partial charge on any atom is -0.463 e. The van der Waals surface area contributed by atoms with Gasteiger partial charge in [0.1, 0.15) is 17.8 Å². The van der Waals surface area contributed by atoms with Gasteiger partial charge in [-0.1, -0.05) is 0 Å². The molecule has 3 unspecified atom stereocenters. The van der Waals surface area contributed by atoms with Crippen LogP contribution in [0.5, 0.6) is 0 Å². The van der Waals surface area contributed by atoms with Crippen LogP contribution in [0.25, 0.3) is 0 Å². The zero-order chi connectivity index (χ0) is 14.4. The fraction of sp³-hybridized carbons (Fsp3) is 0.818. The molecule has 2 aliphatic rings. The Kier molecular flexibility index (Phi) is 3.29. The zero-order valence-corrected chi connectivity index (χ0v) is 11.0. The van der Waals surface area contributed by atoms with E-state index in [1.807, 2.05) is 0 Å². The van der Waals surface area contributed by atoms with Crippen LogP contribution in [0.3, 0.4) is 0 Å². The van der Waals surface area contributed by atoms with E-state index in [0.717, 1.165) is 0 Å². The van der Waals surface area contributed by atoms with E-state index >= 15 is 0 Å². The van der Waals surface area contributed by atoms with Gasteiger partial charge in [-0.25, -0.2) is 14.0 Å². The van der Waals surface area contributed by atoms with E-state index in [1.54, 1.807) is 20.8 Å². The van der Waals surface area contributed by atoms with E-state index in [0.29, 0.717) is 5.06 Å². The van der Waals surface area contributed by atoms with Gasteiger partial charge < -0.3 is 9.84 Å². The molecule has 2 rings (SSSR count). The van der Waals surface area contributed by atoms with Crippen LogP contribution in [0.4, 0.5) is 14.0 Å². The van der Waals surface area contributed by atoms with Crippen molar-refractivity contribution in [2.75, 3.05) is 13.2 Å². The van der Waals surface area contributed by atoms with Crippen molar-refractivity contribution >= 4 is 12.2 Å². The molecular formula is C11H17FN2O5. The molecule has 0 radical (unpaired) electrons. The van der Waals surface area contributed by atoms with Crippen LogP contribution in [0.2, 0.25) is 0 Å². The predicted molar refractivity (Wildman–Crippen MR) is 61.2 cm³/mol. The van der Waals surface area contributed by atoms with Crippen molar-refractivity contribution in [3.8, 4) is 0 Å². The molecule has 0 aromatic rings. The van der Waals surface area contributed by atoms with Gasteiger partial charge in [0, 0.05) is 0 Å². The molecular weight excluding hydrogens is 259 g/mol. The Bertz CT molecular complexity index is 397. The van der Waals surface area contributed by atoms with Gasteiger partial charge in [0.15, 0.2) is 0 Å². The van der Waals surface area contributed by atoms with E-state index in [2.05, 4.69) is 0 Å². The number of amides is 2. The lowest BCUT2D eigenvalue weighted by molar-refractivity contribution is -0.114. The summed E-state index contributed by atoms with van der Waals surface area (Å²) in [5, 5.41) is 9.47. The minimum absolute atomic E-state index is 0.0450. The van der Waals surface area contributed by atoms with Crippen molar-refractivity contribution in [3.63, 3.8) is 0 Å². The molecule has 3 atom stereocenters. The fourth-order valence-electron chi connectivity index (χ4n) is 2.30. The van der Waals surface area contributed by atoms with Crippen LogP contribution in [0.15, 0.2) is 0 Å². The zero-order valence-electron chi connectivity index (χ0n) is 11.0. The van der Waals surface area contributed by atoms with Crippen LogP contribution in [-0.4, -0.2) is 64.3 Å². The van der Waals surface area contributed by atoms with Crippen LogP contribution >= 0.6 is 0 Å². The highest BCUT2D eigenvalue weighted by molar-refractivity contribution is 5.70. The number of hydrogen-bond donors (Lipinski definition) is 1. The number of rotatable bonds is 0. The predicted octanol–water partition coefficient (Wildman–Crippen LogP) is 1.24. The molecule has 0 aromatic heterocycles. The fourth-order valence-corrected chi connectivity index (χ4v) is 2.30. The lowest BCUT2D eigenvalue weighted by atomic mass is 10.1. The number of alkyl halides is 1. The molecule has 108 valence electrons. The Morgan fingerprint density at radius 3 is 2.58 bits per heavy atom. The smallest absolute Gasteiger partial charge is 0.431 e. The van der Waals surface area contributed by atoms with Gasteiger partial charge in [0.2, 0.25) is 0 Å². The first-order valence-corrected chi connectivity index (χ1v) is 5.99. The van der Waals surface area contributed by atoms with Crippen LogP contribution in [0, 0.1) is 0 Å². The monoisotopic (exact) mass is 276 g/mol. The van der Waals surface area contributed by atoms with Gasteiger partial charge in [0.05, 0.1) is 19.2 Å². The van der Waals surface area contributed by atoms with E-state index in [4.69, 9.17) is 14.7 Å². The van der Waals surface area contributed by atoms with Gasteiger partial charge in [-0.15, -0.1) is 0 Å². The Hall–Kier alpha value is -1.57. The van der Waals surface area contributed by atoms with Crippen molar-refractivity contribution in [2.24, 2.45) is 0 Å². The summed E-state index contributed by atoms with van der Waals surface area (Å²) in [5.41, 5.74) is -0.688. The third-order valence-electron chi connectivity index (χ3n) is 3.01. The first-order chi connectivity index (χ1) is 8.70. The molecule has 2 saturated heterocycles. The second-order valence-corrected chi connectivity index (χ2v) is 5.61. The number of nitrogens with zero attached hydrogens (tertiary/aromatic N) is 2. The van der Waals surface area contributed by atoms with Crippen molar-refractivity contribution in [3.05, 3.63) is 0 Å². The van der Waals surface area contributed by atoms with Gasteiger partial charge >= 0.3 is 12.2 Å². The second kappa shape index (κ2) is 4.52. The van der Waals surface area contributed by atoms with Crippen LogP contribution in [-0.2, 0) is 9.57 Å². The van der Waals surface area contributed by atoms with E-state index in [-0.39, 0.29) is 13.2 Å². The largest absolute Gasteiger partial charge is 0.463 e. The van der Waals surface area contributed by atoms with E-state index < -0.39 is 36.0 Å². The maximum Gasteiger partial charge on any atom is 0.431 e. The Morgan fingerprint density at radius 2 is 2.05 bits per heavy atom. The average molecular weight is 276 g/mol. The highest BCUT2D eigenvalue weighted by Gasteiger charge is 2.54. The first kappa shape index (κ1) is 13.9. The molecule has 0 aromatic carbocycles. The number of hydroxylamine groups is 2. The molecule has 1 N–H and O–H groups in total. The Labute approximate surface area is 109 Å². The summed E-state index contributed by atoms with van der Waals surface area (Å²) in [6, 6.07) is -1.62. The Balaban J connectivity index is 2.11. The molecule has 7 nitrogen and oxygen atoms in total. The quantitative estimate of drug-likeness (QED) is 0.720. The topological polar surface area (TPSA) is 79.3 Å². The van der Waals surface area contributed by atoms with Crippen molar-refractivity contribution in [1.82, 2.24) is 9.96 Å². The number of hydrogen-bond acceptors (Lipinski definition) is 4. The summed E-state index contributed by atoms with van der Waals surface area (Å²) in [6.07, 6.45) is -3.49. The van der Waals surface area contributed by atoms with Gasteiger partial charge in [-0.05, 0) is 20.8 Å². The lowest BCUT2D eigenvalue weighted by Gasteiger charge is -2.26. The molecule has 2 heterocycles. The van der Waals surface area contributed by atoms with Crippen LogP contribution < -0.4 is 0 Å². The Morgan fingerprint density at radius 1 is 1.42 bits per heavy atom. The molecule has 19 heavy (non-hydrogen) atoms. The lowest BCUT2D eigenvalue weighted by Crippen LogP contribution is -2.44. The molecule has 2 amide bonds. The number of fused-ring (bicyclic) bond motifs is 1. The average Bonchev–Trinajstić information content (AvgIpc) is 2.77. The normalized spacial score (nSPS) is 30.4. The maximum absolute atomic E-state index is 13.9. The molecule has 2 aliphatic heterocycles. The summed E-state index contributed by atoms with van der Waals surface area (Å²) >= 11 is 0. The number of likely N-dealkylation sites (tertiary alicyclic amines) is 1. The molecule has 0 bridgehead atoms. The highest BCUT2D eigenvalue weighted by atomic mass is 19.1. The molecule has 0 aliphatic carbocycles. The summed E-state index contributed by atoms with van der Waals surface area (Å²) < 4.78 is 19.1. The number of halogens is 1.